The van der Waals surface area contributed by atoms with Crippen molar-refractivity contribution in [3.05, 3.63) is 65.3 Å². The molecule has 0 saturated heterocycles. The molecule has 4 rings (SSSR count). The zero-order chi connectivity index (χ0) is 23.4. The molecule has 170 valence electrons. The summed E-state index contributed by atoms with van der Waals surface area (Å²) in [6, 6.07) is 15.2. The van der Waals surface area contributed by atoms with Crippen molar-refractivity contribution in [2.75, 3.05) is 28.6 Å². The molecule has 9 heteroatoms. The summed E-state index contributed by atoms with van der Waals surface area (Å²) in [5.41, 5.74) is 3.72. The second kappa shape index (κ2) is 9.83. The first-order chi connectivity index (χ1) is 16.0. The fourth-order valence-electron chi connectivity index (χ4n) is 3.50. The highest BCUT2D eigenvalue weighted by Crippen LogP contribution is 2.25. The molecule has 3 heterocycles. The molecule has 0 aliphatic heterocycles. The number of benzene rings is 1. The number of nitrogens with one attached hydrogen (secondary N) is 2. The Bertz CT molecular complexity index is 1230. The van der Waals surface area contributed by atoms with Gasteiger partial charge >= 0.3 is 0 Å². The summed E-state index contributed by atoms with van der Waals surface area (Å²) in [5, 5.41) is 12.6. The lowest BCUT2D eigenvalue weighted by Crippen LogP contribution is -2.23. The first kappa shape index (κ1) is 22.5. The fourth-order valence-corrected chi connectivity index (χ4v) is 4.18. The molecule has 3 aromatic heterocycles. The molecule has 1 amide bonds. The number of hydrogen-bond acceptors (Lipinski definition) is 7. The average molecular weight is 462 g/mol. The van der Waals surface area contributed by atoms with Gasteiger partial charge in [-0.15, -0.1) is 11.3 Å². The van der Waals surface area contributed by atoms with Gasteiger partial charge in [0, 0.05) is 43.3 Å². The van der Waals surface area contributed by atoms with Crippen LogP contribution in [-0.4, -0.2) is 38.7 Å². The SMILES string of the molecule is CCN(CC)c1cc(C)nc(Nc2ccc(NC(=O)c3cc(-c4cccs4)nn3C)cc2)n1. The van der Waals surface area contributed by atoms with E-state index in [-0.39, 0.29) is 5.91 Å². The van der Waals surface area contributed by atoms with Crippen LogP contribution in [0.1, 0.15) is 30.0 Å². The minimum absolute atomic E-state index is 0.209. The maximum Gasteiger partial charge on any atom is 0.273 e. The topological polar surface area (TPSA) is 88.0 Å². The third-order valence-corrected chi connectivity index (χ3v) is 6.11. The van der Waals surface area contributed by atoms with E-state index < -0.39 is 0 Å². The van der Waals surface area contributed by atoms with Crippen LogP contribution in [0.2, 0.25) is 0 Å². The van der Waals surface area contributed by atoms with Crippen LogP contribution in [0.5, 0.6) is 0 Å². The Morgan fingerprint density at radius 3 is 2.45 bits per heavy atom. The van der Waals surface area contributed by atoms with Crippen LogP contribution in [-0.2, 0) is 7.05 Å². The molecule has 0 aliphatic carbocycles. The van der Waals surface area contributed by atoms with Crippen LogP contribution < -0.4 is 15.5 Å². The van der Waals surface area contributed by atoms with Gasteiger partial charge in [0.05, 0.1) is 4.88 Å². The molecule has 0 bridgehead atoms. The molecule has 1 aromatic carbocycles. The van der Waals surface area contributed by atoms with E-state index in [0.29, 0.717) is 17.3 Å². The summed E-state index contributed by atoms with van der Waals surface area (Å²) >= 11 is 1.59. The van der Waals surface area contributed by atoms with Crippen LogP contribution in [0.15, 0.2) is 53.9 Å². The number of aromatic nitrogens is 4. The fraction of sp³-hybridized carbons (Fsp3) is 0.250. The van der Waals surface area contributed by atoms with Crippen molar-refractivity contribution >= 4 is 40.4 Å². The van der Waals surface area contributed by atoms with Crippen molar-refractivity contribution in [3.8, 4) is 10.6 Å². The third kappa shape index (κ3) is 5.20. The molecular weight excluding hydrogens is 434 g/mol. The Labute approximate surface area is 197 Å². The van der Waals surface area contributed by atoms with E-state index in [1.54, 1.807) is 29.1 Å². The van der Waals surface area contributed by atoms with Gasteiger partial charge in [0.1, 0.15) is 17.2 Å². The van der Waals surface area contributed by atoms with Crippen LogP contribution in [0.4, 0.5) is 23.1 Å². The maximum atomic E-state index is 12.8. The average Bonchev–Trinajstić information content (AvgIpc) is 3.45. The molecule has 0 atom stereocenters. The molecule has 8 nitrogen and oxygen atoms in total. The number of thiophene rings is 1. The predicted octanol–water partition coefficient (Wildman–Crippen LogP) is 5.09. The number of carbonyl (C=O) groups is 1. The first-order valence-corrected chi connectivity index (χ1v) is 11.7. The highest BCUT2D eigenvalue weighted by atomic mass is 32.1. The Balaban J connectivity index is 1.45. The number of hydrogen-bond donors (Lipinski definition) is 2. The van der Waals surface area contributed by atoms with Gasteiger partial charge in [-0.3, -0.25) is 9.48 Å². The minimum atomic E-state index is -0.209. The van der Waals surface area contributed by atoms with Gasteiger partial charge in [-0.2, -0.15) is 10.1 Å². The molecule has 2 N–H and O–H groups in total. The smallest absolute Gasteiger partial charge is 0.273 e. The number of aryl methyl sites for hydroxylation is 2. The maximum absolute atomic E-state index is 12.8. The van der Waals surface area contributed by atoms with Gasteiger partial charge in [-0.25, -0.2) is 4.98 Å². The zero-order valence-corrected chi connectivity index (χ0v) is 20.0. The van der Waals surface area contributed by atoms with E-state index >= 15 is 0 Å². The highest BCUT2D eigenvalue weighted by molar-refractivity contribution is 7.13. The van der Waals surface area contributed by atoms with Crippen LogP contribution in [0.3, 0.4) is 0 Å². The van der Waals surface area contributed by atoms with Gasteiger partial charge in [-0.1, -0.05) is 6.07 Å². The zero-order valence-electron chi connectivity index (χ0n) is 19.2. The molecule has 33 heavy (non-hydrogen) atoms. The molecular formula is C24H27N7OS. The third-order valence-electron chi connectivity index (χ3n) is 5.21. The second-order valence-electron chi connectivity index (χ2n) is 7.54. The summed E-state index contributed by atoms with van der Waals surface area (Å²) in [7, 11) is 1.77. The number of carbonyl (C=O) groups excluding carboxylic acids is 1. The summed E-state index contributed by atoms with van der Waals surface area (Å²) < 4.78 is 1.60. The largest absolute Gasteiger partial charge is 0.357 e. The number of amides is 1. The van der Waals surface area contributed by atoms with Crippen molar-refractivity contribution in [1.29, 1.82) is 0 Å². The van der Waals surface area contributed by atoms with Crippen molar-refractivity contribution in [1.82, 2.24) is 19.7 Å². The van der Waals surface area contributed by atoms with E-state index in [4.69, 9.17) is 0 Å². The molecule has 0 saturated carbocycles. The Morgan fingerprint density at radius 2 is 1.79 bits per heavy atom. The normalized spacial score (nSPS) is 10.8. The van der Waals surface area contributed by atoms with Crippen molar-refractivity contribution in [3.63, 3.8) is 0 Å². The van der Waals surface area contributed by atoms with E-state index in [9.17, 15) is 4.79 Å². The Kier molecular flexibility index (Phi) is 6.69. The number of anilines is 4. The minimum Gasteiger partial charge on any atom is -0.357 e. The van der Waals surface area contributed by atoms with Gasteiger partial charge in [0.25, 0.3) is 5.91 Å². The standard InChI is InChI=1S/C24H27N7OS/c1-5-31(6-2)22-14-16(3)25-24(28-22)27-18-11-9-17(10-12-18)26-23(32)20-15-19(29-30(20)4)21-8-7-13-33-21/h7-15H,5-6H2,1-4H3,(H,26,32)(H,25,27,28). The summed E-state index contributed by atoms with van der Waals surface area (Å²) in [4.78, 5) is 25.1. The van der Waals surface area contributed by atoms with Gasteiger partial charge in [0.2, 0.25) is 5.95 Å². The van der Waals surface area contributed by atoms with Crippen molar-refractivity contribution in [2.45, 2.75) is 20.8 Å². The lowest BCUT2D eigenvalue weighted by atomic mass is 10.2. The van der Waals surface area contributed by atoms with Crippen molar-refractivity contribution < 1.29 is 4.79 Å². The summed E-state index contributed by atoms with van der Waals surface area (Å²) in [6.45, 7) is 7.93. The van der Waals surface area contributed by atoms with Gasteiger partial charge in [0.15, 0.2) is 0 Å². The van der Waals surface area contributed by atoms with Gasteiger partial charge in [-0.05, 0) is 62.5 Å². The second-order valence-corrected chi connectivity index (χ2v) is 8.48. The summed E-state index contributed by atoms with van der Waals surface area (Å²) in [6.07, 6.45) is 0. The molecule has 0 radical (unpaired) electrons. The molecule has 0 spiro atoms. The van der Waals surface area contributed by atoms with E-state index in [1.165, 1.54) is 0 Å². The lowest BCUT2D eigenvalue weighted by molar-refractivity contribution is 0.101. The number of rotatable bonds is 8. The highest BCUT2D eigenvalue weighted by Gasteiger charge is 2.15. The molecule has 0 fully saturated rings. The quantitative estimate of drug-likeness (QED) is 0.380. The summed E-state index contributed by atoms with van der Waals surface area (Å²) in [5.74, 6) is 1.24. The van der Waals surface area contributed by atoms with E-state index in [2.05, 4.69) is 44.4 Å². The molecule has 0 unspecified atom stereocenters. The number of nitrogens with zero attached hydrogens (tertiary/aromatic N) is 5. The van der Waals surface area contributed by atoms with Crippen LogP contribution >= 0.6 is 11.3 Å². The Morgan fingerprint density at radius 1 is 1.06 bits per heavy atom. The van der Waals surface area contributed by atoms with Crippen LogP contribution in [0.25, 0.3) is 10.6 Å². The van der Waals surface area contributed by atoms with Crippen molar-refractivity contribution in [2.24, 2.45) is 7.05 Å². The predicted molar refractivity (Wildman–Crippen MR) is 135 cm³/mol. The monoisotopic (exact) mass is 461 g/mol. The lowest BCUT2D eigenvalue weighted by Gasteiger charge is -2.20. The molecule has 4 aromatic rings. The molecule has 0 aliphatic rings. The first-order valence-electron chi connectivity index (χ1n) is 10.8. The van der Waals surface area contributed by atoms with Gasteiger partial charge < -0.3 is 15.5 Å². The van der Waals surface area contributed by atoms with E-state index in [0.717, 1.165) is 40.9 Å². The van der Waals surface area contributed by atoms with E-state index in [1.807, 2.05) is 54.8 Å². The Hall–Kier alpha value is -3.72. The van der Waals surface area contributed by atoms with Crippen LogP contribution in [0, 0.1) is 6.92 Å².